The van der Waals surface area contributed by atoms with Crippen molar-refractivity contribution in [3.63, 3.8) is 0 Å². The van der Waals surface area contributed by atoms with Crippen molar-refractivity contribution in [2.24, 2.45) is 5.92 Å². The van der Waals surface area contributed by atoms with Crippen LogP contribution in [0.5, 0.6) is 0 Å². The first-order valence-electron chi connectivity index (χ1n) is 8.41. The number of amides is 2. The van der Waals surface area contributed by atoms with Crippen LogP contribution in [0.4, 0.5) is 10.1 Å². The van der Waals surface area contributed by atoms with Gasteiger partial charge < -0.3 is 15.7 Å². The molecule has 142 valence electrons. The summed E-state index contributed by atoms with van der Waals surface area (Å²) in [7, 11) is 0. The maximum atomic E-state index is 14.1. The third kappa shape index (κ3) is 4.91. The zero-order valence-corrected chi connectivity index (χ0v) is 15.2. The Balaban J connectivity index is 2.17. The van der Waals surface area contributed by atoms with Crippen LogP contribution in [0, 0.1) is 18.7 Å². The van der Waals surface area contributed by atoms with Gasteiger partial charge in [-0.05, 0) is 42.7 Å². The van der Waals surface area contributed by atoms with Crippen LogP contribution < -0.4 is 10.6 Å². The molecule has 0 spiro atoms. The van der Waals surface area contributed by atoms with E-state index in [1.165, 1.54) is 12.1 Å². The van der Waals surface area contributed by atoms with E-state index in [2.05, 4.69) is 10.6 Å². The number of benzene rings is 2. The highest BCUT2D eigenvalue weighted by Crippen LogP contribution is 2.17. The molecule has 7 heteroatoms. The molecular formula is C20H21FN2O4. The van der Waals surface area contributed by atoms with E-state index in [-0.39, 0.29) is 17.2 Å². The summed E-state index contributed by atoms with van der Waals surface area (Å²) >= 11 is 0. The SMILES string of the molecule is Cc1ccccc1C(=O)NC(C(=O)Nc1ccc(C(=O)O)cc1F)C(C)C. The molecule has 6 nitrogen and oxygen atoms in total. The molecule has 0 aromatic heterocycles. The van der Waals surface area contributed by atoms with Crippen LogP contribution in [0.1, 0.15) is 40.1 Å². The van der Waals surface area contributed by atoms with Crippen molar-refractivity contribution >= 4 is 23.5 Å². The molecule has 0 saturated carbocycles. The molecule has 0 aliphatic rings. The van der Waals surface area contributed by atoms with Gasteiger partial charge in [-0.25, -0.2) is 9.18 Å². The topological polar surface area (TPSA) is 95.5 Å². The first kappa shape index (κ1) is 20.1. The van der Waals surface area contributed by atoms with E-state index >= 15 is 0 Å². The van der Waals surface area contributed by atoms with Crippen molar-refractivity contribution in [1.29, 1.82) is 0 Å². The highest BCUT2D eigenvalue weighted by molar-refractivity contribution is 6.02. The fraction of sp³-hybridized carbons (Fsp3) is 0.250. The van der Waals surface area contributed by atoms with Crippen LogP contribution in [-0.4, -0.2) is 28.9 Å². The summed E-state index contributed by atoms with van der Waals surface area (Å²) in [6.07, 6.45) is 0. The predicted octanol–water partition coefficient (Wildman–Crippen LogP) is 3.23. The van der Waals surface area contributed by atoms with Crippen molar-refractivity contribution in [3.05, 3.63) is 65.0 Å². The number of rotatable bonds is 6. The Hall–Kier alpha value is -3.22. The van der Waals surface area contributed by atoms with Gasteiger partial charge in [0, 0.05) is 5.56 Å². The number of carboxylic acid groups (broad SMARTS) is 1. The molecule has 27 heavy (non-hydrogen) atoms. The normalized spacial score (nSPS) is 11.7. The summed E-state index contributed by atoms with van der Waals surface area (Å²) in [6.45, 7) is 5.30. The largest absolute Gasteiger partial charge is 0.478 e. The van der Waals surface area contributed by atoms with E-state index in [1.807, 2.05) is 6.07 Å². The molecule has 0 aliphatic carbocycles. The van der Waals surface area contributed by atoms with Crippen molar-refractivity contribution in [1.82, 2.24) is 5.32 Å². The van der Waals surface area contributed by atoms with Crippen LogP contribution in [-0.2, 0) is 4.79 Å². The van der Waals surface area contributed by atoms with E-state index < -0.39 is 29.6 Å². The molecule has 0 heterocycles. The van der Waals surface area contributed by atoms with Crippen LogP contribution in [0.3, 0.4) is 0 Å². The molecule has 0 radical (unpaired) electrons. The van der Waals surface area contributed by atoms with E-state index in [1.54, 1.807) is 39.0 Å². The minimum Gasteiger partial charge on any atom is -0.478 e. The molecular weight excluding hydrogens is 351 g/mol. The molecule has 2 rings (SSSR count). The van der Waals surface area contributed by atoms with Gasteiger partial charge >= 0.3 is 5.97 Å². The van der Waals surface area contributed by atoms with E-state index in [9.17, 15) is 18.8 Å². The second kappa shape index (κ2) is 8.44. The van der Waals surface area contributed by atoms with Gasteiger partial charge in [0.2, 0.25) is 5.91 Å². The van der Waals surface area contributed by atoms with Crippen LogP contribution in [0.15, 0.2) is 42.5 Å². The lowest BCUT2D eigenvalue weighted by Gasteiger charge is -2.22. The number of halogens is 1. The molecule has 0 bridgehead atoms. The van der Waals surface area contributed by atoms with Gasteiger partial charge in [0.15, 0.2) is 0 Å². The Morgan fingerprint density at radius 3 is 2.30 bits per heavy atom. The average Bonchev–Trinajstić information content (AvgIpc) is 2.61. The molecule has 0 saturated heterocycles. The molecule has 3 N–H and O–H groups in total. The second-order valence-electron chi connectivity index (χ2n) is 6.50. The summed E-state index contributed by atoms with van der Waals surface area (Å²) < 4.78 is 14.1. The van der Waals surface area contributed by atoms with Crippen LogP contribution in [0.2, 0.25) is 0 Å². The lowest BCUT2D eigenvalue weighted by Crippen LogP contribution is -2.47. The zero-order valence-electron chi connectivity index (χ0n) is 15.2. The predicted molar refractivity (Wildman–Crippen MR) is 99.3 cm³/mol. The van der Waals surface area contributed by atoms with Gasteiger partial charge in [-0.3, -0.25) is 9.59 Å². The van der Waals surface area contributed by atoms with Crippen molar-refractivity contribution < 1.29 is 23.9 Å². The lowest BCUT2D eigenvalue weighted by molar-refractivity contribution is -0.118. The minimum atomic E-state index is -1.27. The van der Waals surface area contributed by atoms with Crippen molar-refractivity contribution in [3.8, 4) is 0 Å². The third-order valence-corrected chi connectivity index (χ3v) is 4.10. The molecule has 1 unspecified atom stereocenters. The smallest absolute Gasteiger partial charge is 0.335 e. The molecule has 0 fully saturated rings. The standard InChI is InChI=1S/C20H21FN2O4/c1-11(2)17(23-18(24)14-7-5-4-6-12(14)3)19(25)22-16-9-8-13(20(26)27)10-15(16)21/h4-11,17H,1-3H3,(H,22,25)(H,23,24)(H,26,27). The van der Waals surface area contributed by atoms with Crippen molar-refractivity contribution in [2.45, 2.75) is 26.8 Å². The number of hydrogen-bond donors (Lipinski definition) is 3. The molecule has 0 aliphatic heterocycles. The number of nitrogens with one attached hydrogen (secondary N) is 2. The Morgan fingerprint density at radius 1 is 1.07 bits per heavy atom. The minimum absolute atomic E-state index is 0.152. The van der Waals surface area contributed by atoms with Crippen LogP contribution in [0.25, 0.3) is 0 Å². The number of aryl methyl sites for hydroxylation is 1. The quantitative estimate of drug-likeness (QED) is 0.725. The maximum Gasteiger partial charge on any atom is 0.335 e. The van der Waals surface area contributed by atoms with E-state index in [0.29, 0.717) is 5.56 Å². The zero-order chi connectivity index (χ0) is 20.1. The van der Waals surface area contributed by atoms with Gasteiger partial charge in [-0.1, -0.05) is 32.0 Å². The summed E-state index contributed by atoms with van der Waals surface area (Å²) in [5.41, 5.74) is 0.848. The lowest BCUT2D eigenvalue weighted by atomic mass is 10.0. The molecule has 2 amide bonds. The molecule has 1 atom stereocenters. The maximum absolute atomic E-state index is 14.1. The fourth-order valence-electron chi connectivity index (χ4n) is 2.54. The summed E-state index contributed by atoms with van der Waals surface area (Å²) in [5, 5.41) is 14.0. The summed E-state index contributed by atoms with van der Waals surface area (Å²) in [5.74, 6) is -3.37. The van der Waals surface area contributed by atoms with Gasteiger partial charge in [0.05, 0.1) is 11.3 Å². The number of anilines is 1. The molecule has 2 aromatic rings. The van der Waals surface area contributed by atoms with E-state index in [4.69, 9.17) is 5.11 Å². The average molecular weight is 372 g/mol. The van der Waals surface area contributed by atoms with E-state index in [0.717, 1.165) is 11.6 Å². The number of carboxylic acids is 1. The number of hydrogen-bond acceptors (Lipinski definition) is 3. The number of carbonyl (C=O) groups is 3. The number of aromatic carboxylic acids is 1. The first-order valence-corrected chi connectivity index (χ1v) is 8.41. The third-order valence-electron chi connectivity index (χ3n) is 4.10. The van der Waals surface area contributed by atoms with Crippen molar-refractivity contribution in [2.75, 3.05) is 5.32 Å². The van der Waals surface area contributed by atoms with Gasteiger partial charge in [-0.15, -0.1) is 0 Å². The molecule has 2 aromatic carbocycles. The Kier molecular flexibility index (Phi) is 6.28. The van der Waals surface area contributed by atoms with Gasteiger partial charge in [-0.2, -0.15) is 0 Å². The Labute approximate surface area is 156 Å². The highest BCUT2D eigenvalue weighted by Gasteiger charge is 2.26. The Bertz CT molecular complexity index is 880. The van der Waals surface area contributed by atoms with Crippen LogP contribution >= 0.6 is 0 Å². The summed E-state index contributed by atoms with van der Waals surface area (Å²) in [6, 6.07) is 9.29. The highest BCUT2D eigenvalue weighted by atomic mass is 19.1. The number of carbonyl (C=O) groups excluding carboxylic acids is 2. The fourth-order valence-corrected chi connectivity index (χ4v) is 2.54. The monoisotopic (exact) mass is 372 g/mol. The Morgan fingerprint density at radius 2 is 1.74 bits per heavy atom. The second-order valence-corrected chi connectivity index (χ2v) is 6.50. The first-order chi connectivity index (χ1) is 12.7. The van der Waals surface area contributed by atoms with Gasteiger partial charge in [0.25, 0.3) is 5.91 Å². The van der Waals surface area contributed by atoms with Gasteiger partial charge in [0.1, 0.15) is 11.9 Å². The summed E-state index contributed by atoms with van der Waals surface area (Å²) in [4.78, 5) is 35.9.